The van der Waals surface area contributed by atoms with Crippen LogP contribution in [0.5, 0.6) is 0 Å². The molecular formula is C21H24N2O2S. The first-order valence-electron chi connectivity index (χ1n) is 8.96. The second-order valence-corrected chi connectivity index (χ2v) is 7.52. The second kappa shape index (κ2) is 8.90. The second-order valence-electron chi connectivity index (χ2n) is 6.53. The number of nitrogens with one attached hydrogen (secondary N) is 1. The molecule has 0 bridgehead atoms. The van der Waals surface area contributed by atoms with Gasteiger partial charge in [-0.15, -0.1) is 11.8 Å². The number of carbonyl (C=O) groups is 2. The molecule has 4 nitrogen and oxygen atoms in total. The summed E-state index contributed by atoms with van der Waals surface area (Å²) in [5.74, 6) is 1.42. The minimum atomic E-state index is -0.00729. The van der Waals surface area contributed by atoms with Crippen molar-refractivity contribution in [2.45, 2.75) is 31.9 Å². The number of piperidine rings is 1. The number of benzene rings is 2. The number of anilines is 2. The molecule has 0 spiro atoms. The first-order valence-corrected chi connectivity index (χ1v) is 10.1. The largest absolute Gasteiger partial charge is 0.325 e. The Hall–Kier alpha value is -2.27. The van der Waals surface area contributed by atoms with Gasteiger partial charge in [-0.1, -0.05) is 30.3 Å². The quantitative estimate of drug-likeness (QED) is 0.823. The molecule has 2 aromatic carbocycles. The summed E-state index contributed by atoms with van der Waals surface area (Å²) < 4.78 is 0. The molecule has 2 aromatic rings. The Bertz CT molecular complexity index is 777. The van der Waals surface area contributed by atoms with Crippen LogP contribution < -0.4 is 10.2 Å². The van der Waals surface area contributed by atoms with Crippen molar-refractivity contribution in [3.05, 3.63) is 59.7 Å². The molecule has 5 heteroatoms. The smallest absolute Gasteiger partial charge is 0.234 e. The van der Waals surface area contributed by atoms with E-state index in [0.717, 1.165) is 42.1 Å². The Kier molecular flexibility index (Phi) is 6.34. The normalized spacial score (nSPS) is 14.3. The number of thioether (sulfide) groups is 1. The van der Waals surface area contributed by atoms with Gasteiger partial charge in [0.25, 0.3) is 0 Å². The van der Waals surface area contributed by atoms with Crippen LogP contribution in [0.4, 0.5) is 11.4 Å². The molecule has 3 rings (SSSR count). The molecule has 136 valence electrons. The molecule has 26 heavy (non-hydrogen) atoms. The zero-order valence-electron chi connectivity index (χ0n) is 15.0. The maximum Gasteiger partial charge on any atom is 0.234 e. The lowest BCUT2D eigenvalue weighted by Gasteiger charge is -2.28. The van der Waals surface area contributed by atoms with Crippen LogP contribution in [0.1, 0.15) is 30.4 Å². The molecule has 1 heterocycles. The molecule has 1 aliphatic heterocycles. The van der Waals surface area contributed by atoms with E-state index in [1.54, 1.807) is 11.8 Å². The van der Waals surface area contributed by atoms with E-state index >= 15 is 0 Å². The highest BCUT2D eigenvalue weighted by molar-refractivity contribution is 7.99. The van der Waals surface area contributed by atoms with Crippen LogP contribution in [0.3, 0.4) is 0 Å². The average Bonchev–Trinajstić information content (AvgIpc) is 2.64. The fourth-order valence-corrected chi connectivity index (χ4v) is 3.92. The average molecular weight is 369 g/mol. The molecule has 0 saturated carbocycles. The predicted octanol–water partition coefficient (Wildman–Crippen LogP) is 4.38. The van der Waals surface area contributed by atoms with Gasteiger partial charge in [0.15, 0.2) is 0 Å². The van der Waals surface area contributed by atoms with Gasteiger partial charge >= 0.3 is 0 Å². The lowest BCUT2D eigenvalue weighted by Crippen LogP contribution is -2.35. The van der Waals surface area contributed by atoms with E-state index < -0.39 is 0 Å². The third kappa shape index (κ3) is 4.88. The van der Waals surface area contributed by atoms with Crippen molar-refractivity contribution in [1.82, 2.24) is 0 Å². The monoisotopic (exact) mass is 368 g/mol. The van der Waals surface area contributed by atoms with Crippen molar-refractivity contribution in [1.29, 1.82) is 0 Å². The summed E-state index contributed by atoms with van der Waals surface area (Å²) in [7, 11) is 0. The third-order valence-electron chi connectivity index (χ3n) is 4.44. The van der Waals surface area contributed by atoms with Crippen molar-refractivity contribution >= 4 is 35.0 Å². The maximum atomic E-state index is 12.2. The maximum absolute atomic E-state index is 12.2. The zero-order valence-corrected chi connectivity index (χ0v) is 15.8. The molecule has 1 aliphatic rings. The van der Waals surface area contributed by atoms with Crippen LogP contribution in [0.15, 0.2) is 48.5 Å². The van der Waals surface area contributed by atoms with Gasteiger partial charge in [-0.3, -0.25) is 9.59 Å². The van der Waals surface area contributed by atoms with Crippen LogP contribution in [0.2, 0.25) is 0 Å². The fraction of sp³-hybridized carbons (Fsp3) is 0.333. The summed E-state index contributed by atoms with van der Waals surface area (Å²) in [6.45, 7) is 2.76. The summed E-state index contributed by atoms with van der Waals surface area (Å²) in [5.41, 5.74) is 3.96. The number of aryl methyl sites for hydroxylation is 1. The Balaban J connectivity index is 1.53. The van der Waals surface area contributed by atoms with Gasteiger partial charge in [0.1, 0.15) is 0 Å². The number of amides is 2. The number of hydrogen-bond acceptors (Lipinski definition) is 3. The zero-order chi connectivity index (χ0) is 18.4. The van der Waals surface area contributed by atoms with Crippen LogP contribution in [-0.2, 0) is 15.3 Å². The molecule has 0 unspecified atom stereocenters. The summed E-state index contributed by atoms with van der Waals surface area (Å²) in [6, 6.07) is 15.9. The lowest BCUT2D eigenvalue weighted by molar-refractivity contribution is -0.119. The van der Waals surface area contributed by atoms with Crippen molar-refractivity contribution in [2.24, 2.45) is 0 Å². The first-order chi connectivity index (χ1) is 12.6. The van der Waals surface area contributed by atoms with E-state index in [9.17, 15) is 9.59 Å². The molecular weight excluding hydrogens is 344 g/mol. The van der Waals surface area contributed by atoms with E-state index in [-0.39, 0.29) is 11.8 Å². The molecule has 0 atom stereocenters. The number of hydrogen-bond donors (Lipinski definition) is 1. The summed E-state index contributed by atoms with van der Waals surface area (Å²) in [6.07, 6.45) is 2.64. The highest BCUT2D eigenvalue weighted by Crippen LogP contribution is 2.27. The summed E-state index contributed by atoms with van der Waals surface area (Å²) >= 11 is 1.60. The number of rotatable bonds is 6. The van der Waals surface area contributed by atoms with E-state index in [1.807, 2.05) is 48.2 Å². The Morgan fingerprint density at radius 3 is 2.69 bits per heavy atom. The van der Waals surface area contributed by atoms with Gasteiger partial charge in [0.2, 0.25) is 11.8 Å². The highest BCUT2D eigenvalue weighted by Gasteiger charge is 2.21. The Labute approximate surface area is 159 Å². The Morgan fingerprint density at radius 1 is 1.15 bits per heavy atom. The summed E-state index contributed by atoms with van der Waals surface area (Å²) in [4.78, 5) is 26.1. The van der Waals surface area contributed by atoms with Crippen molar-refractivity contribution in [3.63, 3.8) is 0 Å². The van der Waals surface area contributed by atoms with E-state index in [2.05, 4.69) is 17.4 Å². The summed E-state index contributed by atoms with van der Waals surface area (Å²) in [5, 5.41) is 2.95. The molecule has 1 fully saturated rings. The van der Waals surface area contributed by atoms with Crippen LogP contribution in [0, 0.1) is 6.92 Å². The Morgan fingerprint density at radius 2 is 1.96 bits per heavy atom. The lowest BCUT2D eigenvalue weighted by atomic mass is 10.1. The molecule has 0 radical (unpaired) electrons. The van der Waals surface area contributed by atoms with Crippen LogP contribution in [0.25, 0.3) is 0 Å². The number of nitrogens with zero attached hydrogens (tertiary/aromatic N) is 1. The molecule has 1 N–H and O–H groups in total. The molecule has 0 aromatic heterocycles. The first kappa shape index (κ1) is 18.5. The minimum Gasteiger partial charge on any atom is -0.325 e. The van der Waals surface area contributed by atoms with Crippen molar-refractivity contribution in [3.8, 4) is 0 Å². The van der Waals surface area contributed by atoms with Crippen molar-refractivity contribution in [2.75, 3.05) is 22.5 Å². The van der Waals surface area contributed by atoms with Gasteiger partial charge in [-0.2, -0.15) is 0 Å². The van der Waals surface area contributed by atoms with Gasteiger partial charge in [-0.25, -0.2) is 0 Å². The highest BCUT2D eigenvalue weighted by atomic mass is 32.2. The van der Waals surface area contributed by atoms with Gasteiger partial charge in [-0.05, 0) is 49.1 Å². The van der Waals surface area contributed by atoms with Gasteiger partial charge < -0.3 is 10.2 Å². The minimum absolute atomic E-state index is 0.00729. The fourth-order valence-electron chi connectivity index (χ4n) is 3.13. The van der Waals surface area contributed by atoms with Gasteiger partial charge in [0, 0.05) is 30.1 Å². The number of carbonyl (C=O) groups excluding carboxylic acids is 2. The SMILES string of the molecule is Cc1cc(NC(=O)CSCc2ccccc2)ccc1N1CCCCC1=O. The standard InChI is InChI=1S/C21H24N2O2S/c1-16-13-18(10-11-19(16)23-12-6-5-9-21(23)25)22-20(24)15-26-14-17-7-3-2-4-8-17/h2-4,7-8,10-11,13H,5-6,9,12,14-15H2,1H3,(H,22,24). The molecule has 0 aliphatic carbocycles. The third-order valence-corrected chi connectivity index (χ3v) is 5.44. The molecule has 1 saturated heterocycles. The van der Waals surface area contributed by atoms with E-state index in [0.29, 0.717) is 12.2 Å². The predicted molar refractivity (Wildman–Crippen MR) is 109 cm³/mol. The molecule has 2 amide bonds. The van der Waals surface area contributed by atoms with Crippen LogP contribution >= 0.6 is 11.8 Å². The van der Waals surface area contributed by atoms with Crippen LogP contribution in [-0.4, -0.2) is 24.1 Å². The van der Waals surface area contributed by atoms with E-state index in [1.165, 1.54) is 5.56 Å². The van der Waals surface area contributed by atoms with Gasteiger partial charge in [0.05, 0.1) is 5.75 Å². The topological polar surface area (TPSA) is 49.4 Å². The van der Waals surface area contributed by atoms with Crippen molar-refractivity contribution < 1.29 is 9.59 Å². The van der Waals surface area contributed by atoms with E-state index in [4.69, 9.17) is 0 Å².